The number of carbonyl (C=O) groups excluding carboxylic acids is 1. The van der Waals surface area contributed by atoms with Gasteiger partial charge in [0.15, 0.2) is 0 Å². The Balaban J connectivity index is 2.54. The lowest BCUT2D eigenvalue weighted by atomic mass is 9.95. The van der Waals surface area contributed by atoms with Crippen LogP contribution in [0.25, 0.3) is 0 Å². The second-order valence-corrected chi connectivity index (χ2v) is 6.66. The molecule has 0 aromatic rings. The van der Waals surface area contributed by atoms with Gasteiger partial charge in [-0.15, -0.1) is 0 Å². The van der Waals surface area contributed by atoms with Crippen LogP contribution in [-0.2, 0) is 14.3 Å². The summed E-state index contributed by atoms with van der Waals surface area (Å²) in [5, 5.41) is 19.1. The highest BCUT2D eigenvalue weighted by Gasteiger charge is 2.34. The molecule has 1 aliphatic heterocycles. The van der Waals surface area contributed by atoms with Gasteiger partial charge in [0, 0.05) is 12.0 Å². The summed E-state index contributed by atoms with van der Waals surface area (Å²) in [7, 11) is 0. The number of ether oxygens (including phenoxy) is 1. The highest BCUT2D eigenvalue weighted by molar-refractivity contribution is 5.91. The van der Waals surface area contributed by atoms with Crippen LogP contribution in [0.3, 0.4) is 0 Å². The van der Waals surface area contributed by atoms with E-state index in [0.717, 1.165) is 12.0 Å². The standard InChI is InChI=1S/C19H30O5/c1-4-5-6-7-8-13(2)11-14(3)18(22)16-12-15(19(23)24-16)9-10-17(20)21/h9,11,13,16,18,22H,4-8,10,12H2,1-3H3,(H,20,21)/b14-11+,15-9+/t13?,16-,18+/m1/s1. The third kappa shape index (κ3) is 6.87. The maximum atomic E-state index is 11.7. The van der Waals surface area contributed by atoms with Crippen molar-refractivity contribution in [3.63, 3.8) is 0 Å². The van der Waals surface area contributed by atoms with Gasteiger partial charge in [-0.1, -0.05) is 51.7 Å². The molecule has 1 fully saturated rings. The molecule has 0 spiro atoms. The zero-order valence-electron chi connectivity index (χ0n) is 15.0. The predicted molar refractivity (Wildman–Crippen MR) is 92.5 cm³/mol. The molecule has 0 saturated carbocycles. The third-order valence-corrected chi connectivity index (χ3v) is 4.34. The van der Waals surface area contributed by atoms with Gasteiger partial charge >= 0.3 is 11.9 Å². The quantitative estimate of drug-likeness (QED) is 0.275. The number of carboxylic acids is 1. The molecule has 1 rings (SSSR count). The Bertz CT molecular complexity index is 492. The Morgan fingerprint density at radius 3 is 2.71 bits per heavy atom. The van der Waals surface area contributed by atoms with Crippen LogP contribution in [0, 0.1) is 5.92 Å². The Hall–Kier alpha value is -1.62. The topological polar surface area (TPSA) is 83.8 Å². The fourth-order valence-electron chi connectivity index (χ4n) is 2.93. The smallest absolute Gasteiger partial charge is 0.334 e. The van der Waals surface area contributed by atoms with Gasteiger partial charge in [0.25, 0.3) is 0 Å². The van der Waals surface area contributed by atoms with Crippen molar-refractivity contribution in [3.8, 4) is 0 Å². The van der Waals surface area contributed by atoms with Crippen LogP contribution in [0.15, 0.2) is 23.3 Å². The predicted octanol–water partition coefficient (Wildman–Crippen LogP) is 3.62. The lowest BCUT2D eigenvalue weighted by Gasteiger charge is -2.19. The third-order valence-electron chi connectivity index (χ3n) is 4.34. The molecule has 5 heteroatoms. The Kier molecular flexibility index (Phi) is 8.76. The van der Waals surface area contributed by atoms with Crippen molar-refractivity contribution in [2.75, 3.05) is 0 Å². The van der Waals surface area contributed by atoms with Gasteiger partial charge in [0.05, 0.1) is 6.42 Å². The van der Waals surface area contributed by atoms with Crippen molar-refractivity contribution >= 4 is 11.9 Å². The Labute approximate surface area is 144 Å². The number of carboxylic acid groups (broad SMARTS) is 1. The van der Waals surface area contributed by atoms with Crippen LogP contribution in [-0.4, -0.2) is 34.4 Å². The van der Waals surface area contributed by atoms with Crippen LogP contribution in [0.5, 0.6) is 0 Å². The van der Waals surface area contributed by atoms with Crippen LogP contribution < -0.4 is 0 Å². The van der Waals surface area contributed by atoms with Crippen LogP contribution in [0.1, 0.15) is 65.7 Å². The van der Waals surface area contributed by atoms with Crippen molar-refractivity contribution in [3.05, 3.63) is 23.3 Å². The maximum absolute atomic E-state index is 11.7. The first kappa shape index (κ1) is 20.4. The molecule has 1 unspecified atom stereocenters. The van der Waals surface area contributed by atoms with E-state index in [1.54, 1.807) is 0 Å². The van der Waals surface area contributed by atoms with Crippen LogP contribution in [0.2, 0.25) is 0 Å². The van der Waals surface area contributed by atoms with Crippen molar-refractivity contribution in [1.82, 2.24) is 0 Å². The summed E-state index contributed by atoms with van der Waals surface area (Å²) >= 11 is 0. The van der Waals surface area contributed by atoms with E-state index in [4.69, 9.17) is 9.84 Å². The molecule has 0 radical (unpaired) electrons. The highest BCUT2D eigenvalue weighted by Crippen LogP contribution is 2.27. The molecule has 136 valence electrons. The van der Waals surface area contributed by atoms with Gasteiger partial charge < -0.3 is 14.9 Å². The van der Waals surface area contributed by atoms with Crippen LogP contribution in [0.4, 0.5) is 0 Å². The van der Waals surface area contributed by atoms with Crippen molar-refractivity contribution in [2.45, 2.75) is 77.9 Å². The average molecular weight is 338 g/mol. The molecule has 0 aliphatic carbocycles. The number of unbranched alkanes of at least 4 members (excludes halogenated alkanes) is 3. The molecule has 5 nitrogen and oxygen atoms in total. The summed E-state index contributed by atoms with van der Waals surface area (Å²) in [4.78, 5) is 22.3. The molecule has 0 aromatic heterocycles. The minimum atomic E-state index is -0.993. The van der Waals surface area contributed by atoms with Crippen molar-refractivity contribution in [1.29, 1.82) is 0 Å². The molecule has 0 bridgehead atoms. The fourth-order valence-corrected chi connectivity index (χ4v) is 2.93. The summed E-state index contributed by atoms with van der Waals surface area (Å²) in [5.41, 5.74) is 1.14. The molecular weight excluding hydrogens is 308 g/mol. The summed E-state index contributed by atoms with van der Waals surface area (Å²) in [6, 6.07) is 0. The molecule has 1 heterocycles. The lowest BCUT2D eigenvalue weighted by Crippen LogP contribution is -2.27. The van der Waals surface area contributed by atoms with Crippen molar-refractivity contribution in [2.24, 2.45) is 5.92 Å². The second kappa shape index (κ2) is 10.3. The Morgan fingerprint density at radius 2 is 2.08 bits per heavy atom. The first-order chi connectivity index (χ1) is 11.3. The summed E-state index contributed by atoms with van der Waals surface area (Å²) < 4.78 is 5.19. The number of aliphatic hydroxyl groups excluding tert-OH is 1. The number of rotatable bonds is 10. The molecule has 2 N–H and O–H groups in total. The van der Waals surface area contributed by atoms with Gasteiger partial charge in [-0.05, 0) is 24.8 Å². The number of carbonyl (C=O) groups is 2. The zero-order valence-corrected chi connectivity index (χ0v) is 15.0. The number of aliphatic hydroxyl groups is 1. The number of allylic oxidation sites excluding steroid dienone is 1. The minimum absolute atomic E-state index is 0.211. The lowest BCUT2D eigenvalue weighted by molar-refractivity contribution is -0.142. The summed E-state index contributed by atoms with van der Waals surface area (Å²) in [5.74, 6) is -1.15. The minimum Gasteiger partial charge on any atom is -0.481 e. The maximum Gasteiger partial charge on any atom is 0.334 e. The van der Waals surface area contributed by atoms with E-state index in [2.05, 4.69) is 13.8 Å². The molecule has 0 aromatic carbocycles. The molecule has 3 atom stereocenters. The molecule has 0 amide bonds. The zero-order chi connectivity index (χ0) is 18.1. The average Bonchev–Trinajstić information content (AvgIpc) is 2.89. The molecule has 1 aliphatic rings. The van der Waals surface area contributed by atoms with E-state index >= 15 is 0 Å². The normalized spacial score (nSPS) is 22.5. The largest absolute Gasteiger partial charge is 0.481 e. The summed E-state index contributed by atoms with van der Waals surface area (Å²) in [6.45, 7) is 6.16. The molecular formula is C19H30O5. The summed E-state index contributed by atoms with van der Waals surface area (Å²) in [6.07, 6.45) is 7.94. The number of hydrogen-bond acceptors (Lipinski definition) is 4. The van der Waals surface area contributed by atoms with Gasteiger partial charge in [0.2, 0.25) is 0 Å². The first-order valence-corrected chi connectivity index (χ1v) is 8.83. The fraction of sp³-hybridized carbons (Fsp3) is 0.684. The van der Waals surface area contributed by atoms with E-state index in [1.807, 2.05) is 13.0 Å². The monoisotopic (exact) mass is 338 g/mol. The van der Waals surface area contributed by atoms with E-state index in [1.165, 1.54) is 31.8 Å². The van der Waals surface area contributed by atoms with E-state index < -0.39 is 24.1 Å². The van der Waals surface area contributed by atoms with Gasteiger partial charge in [-0.2, -0.15) is 0 Å². The van der Waals surface area contributed by atoms with Gasteiger partial charge in [-0.25, -0.2) is 4.79 Å². The highest BCUT2D eigenvalue weighted by atomic mass is 16.6. The first-order valence-electron chi connectivity index (χ1n) is 8.83. The second-order valence-electron chi connectivity index (χ2n) is 6.66. The number of esters is 1. The van der Waals surface area contributed by atoms with Gasteiger partial charge in [-0.3, -0.25) is 4.79 Å². The van der Waals surface area contributed by atoms with E-state index in [-0.39, 0.29) is 12.8 Å². The number of hydrogen-bond donors (Lipinski definition) is 2. The Morgan fingerprint density at radius 1 is 1.38 bits per heavy atom. The van der Waals surface area contributed by atoms with Crippen molar-refractivity contribution < 1.29 is 24.5 Å². The van der Waals surface area contributed by atoms with Crippen LogP contribution >= 0.6 is 0 Å². The van der Waals surface area contributed by atoms with E-state index in [0.29, 0.717) is 11.5 Å². The molecule has 24 heavy (non-hydrogen) atoms. The molecule has 1 saturated heterocycles. The van der Waals surface area contributed by atoms with Gasteiger partial charge in [0.1, 0.15) is 12.2 Å². The number of aliphatic carboxylic acids is 1. The van der Waals surface area contributed by atoms with E-state index in [9.17, 15) is 14.7 Å². The SMILES string of the molecule is CCCCCCC(C)/C=C(\C)[C@H](O)[C@H]1C/C(=C\CC(=O)O)C(=O)O1. The number of cyclic esters (lactones) is 1.